The van der Waals surface area contributed by atoms with Gasteiger partial charge in [-0.1, -0.05) is 19.1 Å². The van der Waals surface area contributed by atoms with Gasteiger partial charge < -0.3 is 19.6 Å². The first-order chi connectivity index (χ1) is 12.4. The van der Waals surface area contributed by atoms with Crippen LogP contribution in [0.25, 0.3) is 0 Å². The van der Waals surface area contributed by atoms with Crippen LogP contribution in [-0.4, -0.2) is 37.5 Å². The quantitative estimate of drug-likeness (QED) is 0.800. The summed E-state index contributed by atoms with van der Waals surface area (Å²) in [5, 5.41) is 10.1. The highest BCUT2D eigenvalue weighted by molar-refractivity contribution is 5.82. The second-order valence-corrected chi connectivity index (χ2v) is 7.05. The van der Waals surface area contributed by atoms with Crippen LogP contribution in [-0.2, 0) is 4.74 Å². The molecule has 1 aliphatic heterocycles. The van der Waals surface area contributed by atoms with Gasteiger partial charge in [-0.15, -0.1) is 0 Å². The average Bonchev–Trinajstić information content (AvgIpc) is 3.05. The summed E-state index contributed by atoms with van der Waals surface area (Å²) in [6, 6.07) is 6.80. The van der Waals surface area contributed by atoms with Crippen LogP contribution in [0.5, 0.6) is 5.75 Å². The number of aromatic hydroxyl groups is 1. The molecule has 140 valence electrons. The van der Waals surface area contributed by atoms with Gasteiger partial charge in [0.05, 0.1) is 23.9 Å². The molecule has 0 aromatic heterocycles. The lowest BCUT2D eigenvalue weighted by Crippen LogP contribution is -2.49. The van der Waals surface area contributed by atoms with Crippen LogP contribution in [0.15, 0.2) is 33.9 Å². The van der Waals surface area contributed by atoms with Crippen molar-refractivity contribution in [3.05, 3.63) is 44.7 Å². The van der Waals surface area contributed by atoms with Crippen LogP contribution in [0.4, 0.5) is 17.1 Å². The number of anilines is 3. The SMILES string of the molecule is CC[C@H]([C@H]1CC[C@@H](C)O1)N(C)c1c(N(C)c2ccccc2O)c(=O)c1=O. The van der Waals surface area contributed by atoms with Gasteiger partial charge in [0.2, 0.25) is 0 Å². The smallest absolute Gasteiger partial charge is 0.253 e. The molecule has 26 heavy (non-hydrogen) atoms. The summed E-state index contributed by atoms with van der Waals surface area (Å²) in [4.78, 5) is 28.1. The lowest BCUT2D eigenvalue weighted by molar-refractivity contribution is 0.0386. The highest BCUT2D eigenvalue weighted by Gasteiger charge is 2.36. The largest absolute Gasteiger partial charge is 0.506 e. The molecule has 0 radical (unpaired) electrons. The average molecular weight is 358 g/mol. The van der Waals surface area contributed by atoms with Crippen LogP contribution < -0.4 is 20.7 Å². The van der Waals surface area contributed by atoms with Crippen molar-refractivity contribution in [3.63, 3.8) is 0 Å². The van der Waals surface area contributed by atoms with Crippen molar-refractivity contribution in [2.75, 3.05) is 23.9 Å². The van der Waals surface area contributed by atoms with Gasteiger partial charge in [0.15, 0.2) is 0 Å². The molecule has 0 bridgehead atoms. The Morgan fingerprint density at radius 2 is 1.81 bits per heavy atom. The number of benzene rings is 1. The molecule has 6 nitrogen and oxygen atoms in total. The van der Waals surface area contributed by atoms with Crippen molar-refractivity contribution in [1.29, 1.82) is 0 Å². The van der Waals surface area contributed by atoms with E-state index in [1.54, 1.807) is 36.2 Å². The van der Waals surface area contributed by atoms with E-state index in [-0.39, 0.29) is 24.0 Å². The van der Waals surface area contributed by atoms with Gasteiger partial charge in [0.1, 0.15) is 17.1 Å². The summed E-state index contributed by atoms with van der Waals surface area (Å²) in [5.41, 5.74) is 0.217. The molecule has 0 saturated carbocycles. The number of phenols is 1. The third-order valence-electron chi connectivity index (χ3n) is 5.40. The van der Waals surface area contributed by atoms with Gasteiger partial charge in [-0.3, -0.25) is 9.59 Å². The molecule has 1 aliphatic rings. The minimum absolute atomic E-state index is 0.0276. The van der Waals surface area contributed by atoms with E-state index in [9.17, 15) is 14.7 Å². The monoisotopic (exact) mass is 358 g/mol. The maximum Gasteiger partial charge on any atom is 0.253 e. The lowest BCUT2D eigenvalue weighted by Gasteiger charge is -2.36. The molecule has 0 aliphatic carbocycles. The molecule has 1 N–H and O–H groups in total. The van der Waals surface area contributed by atoms with E-state index in [1.165, 1.54) is 0 Å². The Bertz CT molecular complexity index is 856. The van der Waals surface area contributed by atoms with Gasteiger partial charge in [-0.2, -0.15) is 0 Å². The summed E-state index contributed by atoms with van der Waals surface area (Å²) < 4.78 is 6.00. The molecule has 3 atom stereocenters. The maximum absolute atomic E-state index is 12.4. The van der Waals surface area contributed by atoms with E-state index < -0.39 is 10.9 Å². The van der Waals surface area contributed by atoms with E-state index in [1.807, 2.05) is 11.9 Å². The number of hydrogen-bond donors (Lipinski definition) is 1. The second kappa shape index (κ2) is 7.11. The third kappa shape index (κ3) is 2.98. The Labute approximate surface area is 153 Å². The van der Waals surface area contributed by atoms with E-state index in [0.29, 0.717) is 17.1 Å². The Morgan fingerprint density at radius 3 is 2.38 bits per heavy atom. The predicted octanol–water partition coefficient (Wildman–Crippen LogP) is 2.54. The molecule has 0 spiro atoms. The third-order valence-corrected chi connectivity index (χ3v) is 5.40. The molecule has 1 saturated heterocycles. The number of likely N-dealkylation sites (N-methyl/N-ethyl adjacent to an activating group) is 1. The van der Waals surface area contributed by atoms with Crippen molar-refractivity contribution in [2.24, 2.45) is 0 Å². The molecule has 0 amide bonds. The van der Waals surface area contributed by atoms with Crippen LogP contribution in [0.1, 0.15) is 33.1 Å². The molecule has 2 aromatic rings. The molecule has 6 heteroatoms. The molecule has 3 rings (SSSR count). The predicted molar refractivity (Wildman–Crippen MR) is 104 cm³/mol. The number of nitrogens with zero attached hydrogens (tertiary/aromatic N) is 2. The standard InChI is InChI=1S/C20H26N2O4/c1-5-13(16-11-10-12(2)26-16)21(3)17-18(20(25)19(17)24)22(4)14-8-6-7-9-15(14)23/h6-9,12-13,16,23H,5,10-11H2,1-4H3/t12-,13-,16-/m1/s1. The summed E-state index contributed by atoms with van der Waals surface area (Å²) in [6.45, 7) is 4.12. The van der Waals surface area contributed by atoms with Crippen molar-refractivity contribution in [1.82, 2.24) is 0 Å². The normalized spacial score (nSPS) is 21.1. The zero-order valence-electron chi connectivity index (χ0n) is 15.7. The zero-order chi connectivity index (χ0) is 19.0. The van der Waals surface area contributed by atoms with E-state index in [4.69, 9.17) is 4.74 Å². The van der Waals surface area contributed by atoms with E-state index >= 15 is 0 Å². The van der Waals surface area contributed by atoms with E-state index in [0.717, 1.165) is 19.3 Å². The molecular weight excluding hydrogens is 332 g/mol. The highest BCUT2D eigenvalue weighted by Crippen LogP contribution is 2.36. The first-order valence-corrected chi connectivity index (χ1v) is 9.10. The second-order valence-electron chi connectivity index (χ2n) is 7.05. The topological polar surface area (TPSA) is 70.1 Å². The lowest BCUT2D eigenvalue weighted by atomic mass is 10.0. The zero-order valence-corrected chi connectivity index (χ0v) is 15.7. The fourth-order valence-electron chi connectivity index (χ4n) is 3.94. The first kappa shape index (κ1) is 18.5. The Balaban J connectivity index is 1.94. The number of ether oxygens (including phenoxy) is 1. The first-order valence-electron chi connectivity index (χ1n) is 9.10. The van der Waals surface area contributed by atoms with Gasteiger partial charge in [-0.05, 0) is 38.3 Å². The van der Waals surface area contributed by atoms with Crippen LogP contribution >= 0.6 is 0 Å². The van der Waals surface area contributed by atoms with Gasteiger partial charge in [-0.25, -0.2) is 0 Å². The van der Waals surface area contributed by atoms with E-state index in [2.05, 4.69) is 13.8 Å². The molecule has 1 fully saturated rings. The molecular formula is C20H26N2O4. The van der Waals surface area contributed by atoms with Crippen molar-refractivity contribution >= 4 is 17.1 Å². The van der Waals surface area contributed by atoms with Crippen molar-refractivity contribution in [3.8, 4) is 5.75 Å². The molecule has 2 aromatic carbocycles. The number of hydrogen-bond acceptors (Lipinski definition) is 6. The molecule has 1 heterocycles. The fraction of sp³-hybridized carbons (Fsp3) is 0.500. The molecule has 0 unspecified atom stereocenters. The van der Waals surface area contributed by atoms with Gasteiger partial charge in [0, 0.05) is 14.1 Å². The van der Waals surface area contributed by atoms with Crippen molar-refractivity contribution in [2.45, 2.75) is 51.4 Å². The number of para-hydroxylation sites is 2. The Hall–Kier alpha value is -2.34. The highest BCUT2D eigenvalue weighted by atomic mass is 16.5. The number of phenolic OH excluding ortho intramolecular Hbond substituents is 1. The minimum atomic E-state index is -0.520. The fourth-order valence-corrected chi connectivity index (χ4v) is 3.94. The van der Waals surface area contributed by atoms with Gasteiger partial charge in [0.25, 0.3) is 10.9 Å². The summed E-state index contributed by atoms with van der Waals surface area (Å²) >= 11 is 0. The van der Waals surface area contributed by atoms with Crippen LogP contribution in [0, 0.1) is 0 Å². The Kier molecular flexibility index (Phi) is 5.05. The van der Waals surface area contributed by atoms with Gasteiger partial charge >= 0.3 is 0 Å². The number of rotatable bonds is 6. The maximum atomic E-state index is 12.4. The van der Waals surface area contributed by atoms with Crippen LogP contribution in [0.3, 0.4) is 0 Å². The summed E-state index contributed by atoms with van der Waals surface area (Å²) in [5.74, 6) is 0.0663. The summed E-state index contributed by atoms with van der Waals surface area (Å²) in [6.07, 6.45) is 3.04. The van der Waals surface area contributed by atoms with Crippen molar-refractivity contribution < 1.29 is 9.84 Å². The minimum Gasteiger partial charge on any atom is -0.506 e. The van der Waals surface area contributed by atoms with Crippen LogP contribution in [0.2, 0.25) is 0 Å². The summed E-state index contributed by atoms with van der Waals surface area (Å²) in [7, 11) is 3.54. The Morgan fingerprint density at radius 1 is 1.15 bits per heavy atom.